The summed E-state index contributed by atoms with van der Waals surface area (Å²) in [4.78, 5) is 8.61. The van der Waals surface area contributed by atoms with Gasteiger partial charge in [0.25, 0.3) is 0 Å². The molecule has 1 aromatic carbocycles. The normalized spacial score (nSPS) is 11.4. The first kappa shape index (κ1) is 17.8. The molecular formula is C17H25N5O2. The highest BCUT2D eigenvalue weighted by Crippen LogP contribution is 2.19. The van der Waals surface area contributed by atoms with Crippen molar-refractivity contribution in [3.05, 3.63) is 41.0 Å². The third-order valence-corrected chi connectivity index (χ3v) is 3.42. The number of nitrogens with one attached hydrogen (secondary N) is 2. The molecule has 7 heteroatoms. The molecule has 0 aliphatic heterocycles. The van der Waals surface area contributed by atoms with Gasteiger partial charge in [0.05, 0.1) is 7.11 Å². The van der Waals surface area contributed by atoms with Crippen LogP contribution in [0.15, 0.2) is 27.7 Å². The molecule has 0 spiro atoms. The lowest BCUT2D eigenvalue weighted by Gasteiger charge is -2.13. The van der Waals surface area contributed by atoms with E-state index in [4.69, 9.17) is 9.26 Å². The summed E-state index contributed by atoms with van der Waals surface area (Å²) in [5.41, 5.74) is 2.40. The molecular weight excluding hydrogens is 306 g/mol. The Kier molecular flexibility index (Phi) is 6.60. The summed E-state index contributed by atoms with van der Waals surface area (Å²) in [6, 6.07) is 6.20. The van der Waals surface area contributed by atoms with E-state index in [0.29, 0.717) is 18.3 Å². The van der Waals surface area contributed by atoms with Crippen LogP contribution >= 0.6 is 0 Å². The smallest absolute Gasteiger partial charge is 0.223 e. The fourth-order valence-corrected chi connectivity index (χ4v) is 2.32. The van der Waals surface area contributed by atoms with Crippen molar-refractivity contribution < 1.29 is 9.26 Å². The number of aryl methyl sites for hydroxylation is 2. The van der Waals surface area contributed by atoms with Gasteiger partial charge in [-0.1, -0.05) is 22.9 Å². The van der Waals surface area contributed by atoms with Crippen LogP contribution in [0, 0.1) is 13.8 Å². The van der Waals surface area contributed by atoms with Crippen molar-refractivity contribution in [3.8, 4) is 5.75 Å². The maximum absolute atomic E-state index is 5.41. The molecule has 0 amide bonds. The second-order valence-corrected chi connectivity index (χ2v) is 5.42. The fourth-order valence-electron chi connectivity index (χ4n) is 2.32. The molecule has 130 valence electrons. The van der Waals surface area contributed by atoms with Crippen molar-refractivity contribution in [2.24, 2.45) is 4.99 Å². The average molecular weight is 331 g/mol. The minimum atomic E-state index is 0.375. The topological polar surface area (TPSA) is 84.6 Å². The van der Waals surface area contributed by atoms with E-state index in [1.807, 2.05) is 19.1 Å². The molecule has 0 aliphatic rings. The first-order chi connectivity index (χ1) is 11.6. The molecule has 0 fully saturated rings. The number of methoxy groups -OCH3 is 1. The minimum absolute atomic E-state index is 0.375. The third-order valence-electron chi connectivity index (χ3n) is 3.42. The van der Waals surface area contributed by atoms with Gasteiger partial charge in [0.2, 0.25) is 5.89 Å². The Bertz CT molecular complexity index is 681. The zero-order valence-corrected chi connectivity index (χ0v) is 14.7. The molecule has 1 aromatic heterocycles. The molecule has 1 heterocycles. The lowest BCUT2D eigenvalue weighted by Crippen LogP contribution is -2.38. The van der Waals surface area contributed by atoms with Gasteiger partial charge < -0.3 is 19.9 Å². The highest BCUT2D eigenvalue weighted by Gasteiger charge is 2.05. The van der Waals surface area contributed by atoms with E-state index in [0.717, 1.165) is 31.2 Å². The highest BCUT2D eigenvalue weighted by atomic mass is 16.5. The zero-order chi connectivity index (χ0) is 17.4. The maximum atomic E-state index is 5.41. The van der Waals surface area contributed by atoms with Gasteiger partial charge in [-0.15, -0.1) is 0 Å². The number of nitrogens with zero attached hydrogens (tertiary/aromatic N) is 3. The van der Waals surface area contributed by atoms with Crippen molar-refractivity contribution >= 4 is 5.96 Å². The summed E-state index contributed by atoms with van der Waals surface area (Å²) in [7, 11) is 1.69. The summed E-state index contributed by atoms with van der Waals surface area (Å²) >= 11 is 0. The second kappa shape index (κ2) is 8.90. The van der Waals surface area contributed by atoms with Crippen LogP contribution in [0.5, 0.6) is 5.75 Å². The quantitative estimate of drug-likeness (QED) is 0.596. The zero-order valence-electron chi connectivity index (χ0n) is 14.7. The van der Waals surface area contributed by atoms with Crippen LogP contribution in [-0.2, 0) is 13.0 Å². The summed E-state index contributed by atoms with van der Waals surface area (Å²) in [5.74, 6) is 2.76. The first-order valence-electron chi connectivity index (χ1n) is 8.07. The third kappa shape index (κ3) is 5.26. The Morgan fingerprint density at radius 1 is 1.29 bits per heavy atom. The molecule has 0 bridgehead atoms. The predicted octanol–water partition coefficient (Wildman–Crippen LogP) is 1.99. The molecule has 0 atom stereocenters. The van der Waals surface area contributed by atoms with Crippen LogP contribution in [0.3, 0.4) is 0 Å². The maximum Gasteiger partial charge on any atom is 0.223 e. The van der Waals surface area contributed by atoms with Gasteiger partial charge in [0, 0.05) is 20.0 Å². The number of hydrogen-bond donors (Lipinski definition) is 2. The molecule has 2 rings (SSSR count). The summed E-state index contributed by atoms with van der Waals surface area (Å²) in [6.45, 7) is 7.77. The largest absolute Gasteiger partial charge is 0.496 e. The van der Waals surface area contributed by atoms with Crippen molar-refractivity contribution in [1.82, 2.24) is 20.8 Å². The van der Waals surface area contributed by atoms with E-state index < -0.39 is 0 Å². The van der Waals surface area contributed by atoms with Gasteiger partial charge in [-0.25, -0.2) is 4.99 Å². The number of benzene rings is 1. The molecule has 0 unspecified atom stereocenters. The number of hydrogen-bond acceptors (Lipinski definition) is 5. The van der Waals surface area contributed by atoms with Gasteiger partial charge in [-0.2, -0.15) is 4.98 Å². The Balaban J connectivity index is 1.92. The van der Waals surface area contributed by atoms with Gasteiger partial charge in [0.15, 0.2) is 11.8 Å². The van der Waals surface area contributed by atoms with Crippen LogP contribution in [0.1, 0.15) is 29.8 Å². The lowest BCUT2D eigenvalue weighted by atomic mass is 10.1. The number of rotatable bonds is 7. The Labute approximate surface area is 142 Å². The van der Waals surface area contributed by atoms with E-state index in [1.165, 1.54) is 11.1 Å². The van der Waals surface area contributed by atoms with Gasteiger partial charge >= 0.3 is 0 Å². The van der Waals surface area contributed by atoms with Crippen LogP contribution in [0.4, 0.5) is 0 Å². The number of aliphatic imine (C=N–C) groups is 1. The summed E-state index contributed by atoms with van der Waals surface area (Å²) < 4.78 is 10.4. The second-order valence-electron chi connectivity index (χ2n) is 5.42. The molecule has 0 saturated heterocycles. The molecule has 7 nitrogen and oxygen atoms in total. The van der Waals surface area contributed by atoms with Gasteiger partial charge in [-0.05, 0) is 31.9 Å². The Morgan fingerprint density at radius 3 is 2.79 bits per heavy atom. The SMILES string of the molecule is CCNC(=NCc1noc(C)n1)NCCc1cc(C)ccc1OC. The molecule has 2 N–H and O–H groups in total. The van der Waals surface area contributed by atoms with E-state index in [-0.39, 0.29) is 0 Å². The van der Waals surface area contributed by atoms with Crippen LogP contribution in [0.25, 0.3) is 0 Å². The number of ether oxygens (including phenoxy) is 1. The summed E-state index contributed by atoms with van der Waals surface area (Å²) in [5, 5.41) is 10.4. The molecule has 24 heavy (non-hydrogen) atoms. The van der Waals surface area contributed by atoms with Crippen LogP contribution < -0.4 is 15.4 Å². The average Bonchev–Trinajstić information content (AvgIpc) is 2.98. The van der Waals surface area contributed by atoms with E-state index >= 15 is 0 Å². The van der Waals surface area contributed by atoms with E-state index in [9.17, 15) is 0 Å². The van der Waals surface area contributed by atoms with Crippen LogP contribution in [-0.4, -0.2) is 36.3 Å². The van der Waals surface area contributed by atoms with Gasteiger partial charge in [0.1, 0.15) is 12.3 Å². The molecule has 0 radical (unpaired) electrons. The van der Waals surface area contributed by atoms with E-state index in [1.54, 1.807) is 14.0 Å². The standard InChI is InChI=1S/C17H25N5O2/c1-5-18-17(20-11-16-21-13(3)24-22-16)19-9-8-14-10-12(2)6-7-15(14)23-4/h6-7,10H,5,8-9,11H2,1-4H3,(H2,18,19,20). The lowest BCUT2D eigenvalue weighted by molar-refractivity contribution is 0.387. The number of guanidine groups is 1. The van der Waals surface area contributed by atoms with Gasteiger partial charge in [-0.3, -0.25) is 0 Å². The van der Waals surface area contributed by atoms with Crippen LogP contribution in [0.2, 0.25) is 0 Å². The molecule has 0 aliphatic carbocycles. The Hall–Kier alpha value is -2.57. The Morgan fingerprint density at radius 2 is 2.12 bits per heavy atom. The fraction of sp³-hybridized carbons (Fsp3) is 0.471. The summed E-state index contributed by atoms with van der Waals surface area (Å²) in [6.07, 6.45) is 0.844. The monoisotopic (exact) mass is 331 g/mol. The molecule has 2 aromatic rings. The molecule has 0 saturated carbocycles. The van der Waals surface area contributed by atoms with Crippen molar-refractivity contribution in [1.29, 1.82) is 0 Å². The van der Waals surface area contributed by atoms with Crippen molar-refractivity contribution in [2.45, 2.75) is 33.7 Å². The highest BCUT2D eigenvalue weighted by molar-refractivity contribution is 5.79. The number of aromatic nitrogens is 2. The van der Waals surface area contributed by atoms with Crippen molar-refractivity contribution in [3.63, 3.8) is 0 Å². The van der Waals surface area contributed by atoms with E-state index in [2.05, 4.69) is 38.8 Å². The van der Waals surface area contributed by atoms with Crippen molar-refractivity contribution in [2.75, 3.05) is 20.2 Å². The first-order valence-corrected chi connectivity index (χ1v) is 8.07. The minimum Gasteiger partial charge on any atom is -0.496 e. The predicted molar refractivity (Wildman–Crippen MR) is 93.3 cm³/mol.